The summed E-state index contributed by atoms with van der Waals surface area (Å²) < 4.78 is 0. The normalized spacial score (nSPS) is 13.8. The second kappa shape index (κ2) is 7.64. The van der Waals surface area contributed by atoms with Crippen molar-refractivity contribution in [1.29, 1.82) is 0 Å². The van der Waals surface area contributed by atoms with Crippen LogP contribution in [0.3, 0.4) is 0 Å². The van der Waals surface area contributed by atoms with Crippen molar-refractivity contribution in [2.45, 2.75) is 59.8 Å². The van der Waals surface area contributed by atoms with E-state index in [4.69, 9.17) is 0 Å². The van der Waals surface area contributed by atoms with Crippen molar-refractivity contribution in [2.75, 3.05) is 0 Å². The first-order valence-electron chi connectivity index (χ1n) is 5.56. The molecule has 0 aliphatic heterocycles. The van der Waals surface area contributed by atoms with E-state index in [0.29, 0.717) is 0 Å². The van der Waals surface area contributed by atoms with Gasteiger partial charge in [-0.05, 0) is 31.1 Å². The SMILES string of the molecule is CCC(C)C[CH]CC(CC)CC. The van der Waals surface area contributed by atoms with Gasteiger partial charge in [0.1, 0.15) is 0 Å². The van der Waals surface area contributed by atoms with Gasteiger partial charge in [-0.3, -0.25) is 0 Å². The van der Waals surface area contributed by atoms with Crippen LogP contribution in [0.4, 0.5) is 0 Å². The second-order valence-electron chi connectivity index (χ2n) is 3.96. The maximum absolute atomic E-state index is 2.49. The molecule has 0 nitrogen and oxygen atoms in total. The zero-order valence-corrected chi connectivity index (χ0v) is 9.27. The predicted molar refractivity (Wildman–Crippen MR) is 57.1 cm³/mol. The predicted octanol–water partition coefficient (Wildman–Crippen LogP) is 4.45. The van der Waals surface area contributed by atoms with Gasteiger partial charge in [0, 0.05) is 0 Å². The van der Waals surface area contributed by atoms with Gasteiger partial charge in [0.15, 0.2) is 0 Å². The van der Waals surface area contributed by atoms with Crippen molar-refractivity contribution >= 4 is 0 Å². The van der Waals surface area contributed by atoms with Gasteiger partial charge in [0.05, 0.1) is 0 Å². The highest BCUT2D eigenvalue weighted by Gasteiger charge is 2.04. The Bertz CT molecular complexity index is 82.0. The van der Waals surface area contributed by atoms with Gasteiger partial charge >= 0.3 is 0 Å². The van der Waals surface area contributed by atoms with Gasteiger partial charge in [-0.25, -0.2) is 0 Å². The van der Waals surface area contributed by atoms with Gasteiger partial charge in [-0.1, -0.05) is 47.0 Å². The lowest BCUT2D eigenvalue weighted by atomic mass is 9.93. The van der Waals surface area contributed by atoms with Crippen LogP contribution in [0.2, 0.25) is 0 Å². The largest absolute Gasteiger partial charge is 0.0651 e. The maximum atomic E-state index is 2.49. The highest BCUT2D eigenvalue weighted by Crippen LogP contribution is 2.18. The van der Waals surface area contributed by atoms with Gasteiger partial charge in [0.25, 0.3) is 0 Å². The zero-order chi connectivity index (χ0) is 9.40. The van der Waals surface area contributed by atoms with E-state index < -0.39 is 0 Å². The highest BCUT2D eigenvalue weighted by atomic mass is 14.1. The van der Waals surface area contributed by atoms with E-state index in [-0.39, 0.29) is 0 Å². The molecule has 0 aromatic rings. The molecule has 0 aliphatic carbocycles. The molecule has 0 aromatic heterocycles. The third kappa shape index (κ3) is 5.62. The van der Waals surface area contributed by atoms with Crippen LogP contribution in [-0.2, 0) is 0 Å². The minimum Gasteiger partial charge on any atom is -0.0651 e. The summed E-state index contributed by atoms with van der Waals surface area (Å²) in [5, 5.41) is 0. The fraction of sp³-hybridized carbons (Fsp3) is 0.917. The van der Waals surface area contributed by atoms with E-state index in [9.17, 15) is 0 Å². The molecule has 0 amide bonds. The Morgan fingerprint density at radius 3 is 1.92 bits per heavy atom. The van der Waals surface area contributed by atoms with E-state index in [1.807, 2.05) is 0 Å². The summed E-state index contributed by atoms with van der Waals surface area (Å²) in [6.45, 7) is 9.20. The Hall–Kier alpha value is 0. The first-order chi connectivity index (χ1) is 5.74. The summed E-state index contributed by atoms with van der Waals surface area (Å²) in [5.41, 5.74) is 0. The lowest BCUT2D eigenvalue weighted by Gasteiger charge is -2.13. The maximum Gasteiger partial charge on any atom is -0.0380 e. The van der Waals surface area contributed by atoms with E-state index >= 15 is 0 Å². The van der Waals surface area contributed by atoms with Crippen LogP contribution in [-0.4, -0.2) is 0 Å². The van der Waals surface area contributed by atoms with Crippen molar-refractivity contribution in [3.05, 3.63) is 6.42 Å². The Kier molecular flexibility index (Phi) is 7.64. The minimum atomic E-state index is 0.888. The standard InChI is InChI=1S/C12H25/c1-5-11(4)9-8-10-12(6-2)7-3/h8,11-12H,5-7,9-10H2,1-4H3. The summed E-state index contributed by atoms with van der Waals surface area (Å²) in [7, 11) is 0. The molecule has 0 heteroatoms. The molecule has 1 unspecified atom stereocenters. The van der Waals surface area contributed by atoms with Crippen molar-refractivity contribution in [3.8, 4) is 0 Å². The lowest BCUT2D eigenvalue weighted by Crippen LogP contribution is -1.99. The average Bonchev–Trinajstić information content (AvgIpc) is 2.12. The molecule has 73 valence electrons. The van der Waals surface area contributed by atoms with Crippen LogP contribution in [0.1, 0.15) is 59.8 Å². The molecule has 0 aliphatic rings. The summed E-state index contributed by atoms with van der Waals surface area (Å²) >= 11 is 0. The molecule has 1 atom stereocenters. The Balaban J connectivity index is 3.28. The third-order valence-electron chi connectivity index (χ3n) is 2.92. The van der Waals surface area contributed by atoms with E-state index in [0.717, 1.165) is 11.8 Å². The summed E-state index contributed by atoms with van der Waals surface area (Å²) in [6, 6.07) is 0. The Labute approximate surface area is 78.8 Å². The summed E-state index contributed by atoms with van der Waals surface area (Å²) in [4.78, 5) is 0. The fourth-order valence-corrected chi connectivity index (χ4v) is 1.41. The first-order valence-corrected chi connectivity index (χ1v) is 5.56. The van der Waals surface area contributed by atoms with Crippen LogP contribution in [0.25, 0.3) is 0 Å². The molecule has 0 saturated heterocycles. The van der Waals surface area contributed by atoms with Crippen LogP contribution < -0.4 is 0 Å². The number of hydrogen-bond acceptors (Lipinski definition) is 0. The Morgan fingerprint density at radius 1 is 0.917 bits per heavy atom. The molecule has 0 fully saturated rings. The zero-order valence-electron chi connectivity index (χ0n) is 9.27. The van der Waals surface area contributed by atoms with Crippen molar-refractivity contribution in [3.63, 3.8) is 0 Å². The van der Waals surface area contributed by atoms with Crippen LogP contribution in [0, 0.1) is 18.3 Å². The van der Waals surface area contributed by atoms with Crippen LogP contribution >= 0.6 is 0 Å². The molecule has 0 saturated carbocycles. The molecule has 0 aromatic carbocycles. The molecule has 0 heterocycles. The molecule has 0 spiro atoms. The fourth-order valence-electron chi connectivity index (χ4n) is 1.41. The van der Waals surface area contributed by atoms with Gasteiger partial charge in [-0.2, -0.15) is 0 Å². The molecule has 0 rings (SSSR count). The second-order valence-corrected chi connectivity index (χ2v) is 3.96. The van der Waals surface area contributed by atoms with Gasteiger partial charge in [0.2, 0.25) is 0 Å². The van der Waals surface area contributed by atoms with Crippen LogP contribution in [0.15, 0.2) is 0 Å². The van der Waals surface area contributed by atoms with Gasteiger partial charge < -0.3 is 0 Å². The van der Waals surface area contributed by atoms with E-state index in [1.165, 1.54) is 32.1 Å². The Morgan fingerprint density at radius 2 is 1.50 bits per heavy atom. The topological polar surface area (TPSA) is 0 Å². The van der Waals surface area contributed by atoms with Crippen LogP contribution in [0.5, 0.6) is 0 Å². The van der Waals surface area contributed by atoms with Crippen molar-refractivity contribution < 1.29 is 0 Å². The lowest BCUT2D eigenvalue weighted by molar-refractivity contribution is 0.456. The average molecular weight is 169 g/mol. The summed E-state index contributed by atoms with van der Waals surface area (Å²) in [6.07, 6.45) is 9.14. The molecule has 0 N–H and O–H groups in total. The number of rotatable bonds is 7. The van der Waals surface area contributed by atoms with E-state index in [2.05, 4.69) is 34.1 Å². The summed E-state index contributed by atoms with van der Waals surface area (Å²) in [5.74, 6) is 1.83. The quantitative estimate of drug-likeness (QED) is 0.528. The molecular formula is C12H25. The number of hydrogen-bond donors (Lipinski definition) is 0. The monoisotopic (exact) mass is 169 g/mol. The van der Waals surface area contributed by atoms with Crippen molar-refractivity contribution in [1.82, 2.24) is 0 Å². The van der Waals surface area contributed by atoms with Gasteiger partial charge in [-0.15, -0.1) is 0 Å². The molecule has 12 heavy (non-hydrogen) atoms. The van der Waals surface area contributed by atoms with E-state index in [1.54, 1.807) is 0 Å². The molecule has 0 bridgehead atoms. The highest BCUT2D eigenvalue weighted by molar-refractivity contribution is 4.71. The molecule has 1 radical (unpaired) electrons. The third-order valence-corrected chi connectivity index (χ3v) is 2.92. The first kappa shape index (κ1) is 12.0. The smallest absolute Gasteiger partial charge is 0.0380 e. The molecular weight excluding hydrogens is 144 g/mol. The van der Waals surface area contributed by atoms with Crippen molar-refractivity contribution in [2.24, 2.45) is 11.8 Å². The minimum absolute atomic E-state index is 0.888.